The quantitative estimate of drug-likeness (QED) is 0.159. The Balaban J connectivity index is 1.28. The van der Waals surface area contributed by atoms with E-state index < -0.39 is 65.4 Å². The van der Waals surface area contributed by atoms with E-state index in [0.29, 0.717) is 69.2 Å². The summed E-state index contributed by atoms with van der Waals surface area (Å²) in [6.45, 7) is 6.50. The summed E-state index contributed by atoms with van der Waals surface area (Å²) in [4.78, 5) is 58.1. The van der Waals surface area contributed by atoms with Crippen LogP contribution in [0.15, 0.2) is 66.7 Å². The van der Waals surface area contributed by atoms with Crippen LogP contribution >= 0.6 is 7.52 Å². The van der Waals surface area contributed by atoms with E-state index in [-0.39, 0.29) is 48.2 Å². The number of hydrogen-bond donors (Lipinski definition) is 2. The van der Waals surface area contributed by atoms with Crippen LogP contribution in [-0.4, -0.2) is 122 Å². The van der Waals surface area contributed by atoms with Crippen LogP contribution < -0.4 is 14.9 Å². The van der Waals surface area contributed by atoms with Crippen molar-refractivity contribution in [2.24, 2.45) is 0 Å². The lowest BCUT2D eigenvalue weighted by atomic mass is 10.0. The molecule has 3 aromatic carbocycles. The highest BCUT2D eigenvalue weighted by atomic mass is 32.2. The molecular formula is C41H53FN5O10PS. The molecule has 6 atom stereocenters. The fourth-order valence-corrected chi connectivity index (χ4v) is 11.2. The third-order valence-corrected chi connectivity index (χ3v) is 14.9. The number of ether oxygens (including phenoxy) is 2. The molecule has 3 aliphatic heterocycles. The zero-order valence-corrected chi connectivity index (χ0v) is 35.3. The number of carbonyl (C=O) groups is 4. The van der Waals surface area contributed by atoms with Gasteiger partial charge in [-0.3, -0.25) is 23.7 Å². The number of nitrogens with zero attached hydrogens (tertiary/aromatic N) is 3. The maximum Gasteiger partial charge on any atom is 0.355 e. The average Bonchev–Trinajstić information content (AvgIpc) is 3.65. The van der Waals surface area contributed by atoms with Crippen LogP contribution in [0.25, 0.3) is 10.8 Å². The summed E-state index contributed by atoms with van der Waals surface area (Å²) in [5.41, 5.74) is 0.0369. The fraction of sp³-hybridized carbons (Fsp3) is 0.512. The monoisotopic (exact) mass is 857 g/mol. The van der Waals surface area contributed by atoms with Crippen LogP contribution in [0.5, 0.6) is 5.75 Å². The number of halogens is 1. The molecule has 3 saturated heterocycles. The lowest BCUT2D eigenvalue weighted by molar-refractivity contribution is -0.149. The molecule has 18 heteroatoms. The molecule has 0 bridgehead atoms. The first-order chi connectivity index (χ1) is 28.2. The Morgan fingerprint density at radius 2 is 1.68 bits per heavy atom. The van der Waals surface area contributed by atoms with Gasteiger partial charge >= 0.3 is 13.5 Å². The van der Waals surface area contributed by atoms with Crippen molar-refractivity contribution >= 4 is 52.0 Å². The van der Waals surface area contributed by atoms with Gasteiger partial charge in [0, 0.05) is 37.8 Å². The van der Waals surface area contributed by atoms with E-state index in [4.69, 9.17) is 14.0 Å². The Labute approximate surface area is 344 Å². The Bertz CT molecular complexity index is 2160. The molecule has 2 N–H and O–H groups in total. The second kappa shape index (κ2) is 19.3. The molecule has 15 nitrogen and oxygen atoms in total. The number of sulfonamides is 1. The smallest absolute Gasteiger partial charge is 0.355 e. The van der Waals surface area contributed by atoms with Gasteiger partial charge in [0.25, 0.3) is 5.91 Å². The second-order valence-electron chi connectivity index (χ2n) is 15.1. The second-order valence-corrected chi connectivity index (χ2v) is 19.3. The minimum atomic E-state index is -4.53. The van der Waals surface area contributed by atoms with Crippen LogP contribution in [0.2, 0.25) is 0 Å². The molecule has 2 unspecified atom stereocenters. The first-order valence-electron chi connectivity index (χ1n) is 20.2. The van der Waals surface area contributed by atoms with Crippen LogP contribution in [0.1, 0.15) is 74.7 Å². The lowest BCUT2D eigenvalue weighted by Crippen LogP contribution is -2.61. The van der Waals surface area contributed by atoms with E-state index in [1.165, 1.54) is 47.6 Å². The third-order valence-electron chi connectivity index (χ3n) is 10.8. The summed E-state index contributed by atoms with van der Waals surface area (Å²) in [6.07, 6.45) is 2.20. The van der Waals surface area contributed by atoms with E-state index in [1.807, 2.05) is 6.92 Å². The number of rotatable bonds is 15. The predicted molar refractivity (Wildman–Crippen MR) is 219 cm³/mol. The molecule has 3 heterocycles. The SMILES string of the molecule is CCCOC(=O)[C@H](C)NP(=O)(Oc1ccccc1)C(F)c1ccc2ccc(C(=O)N[C@H]3CN(S(=O)(=O)CCC)CC[C@H]4CC[C@@H](C(=O)N5CCOCC5)N4C3=O)cc2c1. The number of para-hydroxylation sites is 1. The molecule has 59 heavy (non-hydrogen) atoms. The highest BCUT2D eigenvalue weighted by Crippen LogP contribution is 2.58. The van der Waals surface area contributed by atoms with Gasteiger partial charge in [0.15, 0.2) is 0 Å². The zero-order chi connectivity index (χ0) is 42.3. The summed E-state index contributed by atoms with van der Waals surface area (Å²) in [7, 11) is -8.30. The van der Waals surface area contributed by atoms with Gasteiger partial charge in [-0.2, -0.15) is 4.31 Å². The van der Waals surface area contributed by atoms with Gasteiger partial charge in [0.2, 0.25) is 27.8 Å². The minimum absolute atomic E-state index is 0.0565. The largest absolute Gasteiger partial charge is 0.465 e. The van der Waals surface area contributed by atoms with Crippen LogP contribution in [-0.2, 0) is 38.4 Å². The third kappa shape index (κ3) is 10.3. The van der Waals surface area contributed by atoms with Crippen LogP contribution in [0.3, 0.4) is 0 Å². The molecule has 3 aliphatic rings. The Morgan fingerprint density at radius 1 is 0.949 bits per heavy atom. The van der Waals surface area contributed by atoms with E-state index in [2.05, 4.69) is 10.4 Å². The average molecular weight is 858 g/mol. The van der Waals surface area contributed by atoms with Gasteiger partial charge < -0.3 is 29.1 Å². The molecule has 3 aromatic rings. The maximum absolute atomic E-state index is 16.6. The Hall–Kier alpha value is -4.41. The van der Waals surface area contributed by atoms with Crippen molar-refractivity contribution in [2.45, 2.75) is 83.0 Å². The minimum Gasteiger partial charge on any atom is -0.465 e. The molecule has 6 rings (SSSR count). The topological polar surface area (TPSA) is 181 Å². The van der Waals surface area contributed by atoms with Gasteiger partial charge in [-0.15, -0.1) is 0 Å². The van der Waals surface area contributed by atoms with Gasteiger partial charge in [-0.1, -0.05) is 50.2 Å². The number of alkyl halides is 1. The van der Waals surface area contributed by atoms with Crippen molar-refractivity contribution in [1.82, 2.24) is 24.5 Å². The molecule has 0 aliphatic carbocycles. The number of hydrogen-bond acceptors (Lipinski definition) is 10. The number of amides is 3. The number of esters is 1. The molecule has 320 valence electrons. The van der Waals surface area contributed by atoms with Gasteiger partial charge in [0.05, 0.1) is 25.6 Å². The molecule has 3 fully saturated rings. The highest BCUT2D eigenvalue weighted by molar-refractivity contribution is 7.89. The number of nitrogens with one attached hydrogen (secondary N) is 2. The summed E-state index contributed by atoms with van der Waals surface area (Å²) in [6, 6.07) is 13.5. The number of fused-ring (bicyclic) bond motifs is 2. The summed E-state index contributed by atoms with van der Waals surface area (Å²) < 4.78 is 75.4. The van der Waals surface area contributed by atoms with Gasteiger partial charge in [-0.05, 0) is 85.7 Å². The zero-order valence-electron chi connectivity index (χ0n) is 33.6. The van der Waals surface area contributed by atoms with E-state index in [1.54, 1.807) is 47.1 Å². The molecule has 0 aromatic heterocycles. The summed E-state index contributed by atoms with van der Waals surface area (Å²) >= 11 is 0. The predicted octanol–water partition coefficient (Wildman–Crippen LogP) is 4.77. The van der Waals surface area contributed by atoms with Crippen molar-refractivity contribution in [3.8, 4) is 5.75 Å². The highest BCUT2D eigenvalue weighted by Gasteiger charge is 2.47. The van der Waals surface area contributed by atoms with Crippen molar-refractivity contribution < 1.29 is 50.5 Å². The molecule has 0 saturated carbocycles. The molecule has 3 amide bonds. The van der Waals surface area contributed by atoms with Crippen molar-refractivity contribution in [3.63, 3.8) is 0 Å². The van der Waals surface area contributed by atoms with Gasteiger partial charge in [0.1, 0.15) is 23.9 Å². The van der Waals surface area contributed by atoms with Crippen LogP contribution in [0.4, 0.5) is 4.39 Å². The number of carbonyl (C=O) groups excluding carboxylic acids is 4. The van der Waals surface area contributed by atoms with E-state index in [9.17, 15) is 32.2 Å². The number of morpholine rings is 1. The molecule has 0 radical (unpaired) electrons. The normalized spacial score (nSPS) is 22.4. The van der Waals surface area contributed by atoms with E-state index in [0.717, 1.165) is 0 Å². The van der Waals surface area contributed by atoms with Crippen molar-refractivity contribution in [3.05, 3.63) is 77.9 Å². The fourth-order valence-electron chi connectivity index (χ4n) is 7.75. The Kier molecular flexibility index (Phi) is 14.5. The van der Waals surface area contributed by atoms with Gasteiger partial charge in [-0.25, -0.2) is 17.9 Å². The first-order valence-corrected chi connectivity index (χ1v) is 23.5. The molecule has 0 spiro atoms. The lowest BCUT2D eigenvalue weighted by Gasteiger charge is -2.39. The summed E-state index contributed by atoms with van der Waals surface area (Å²) in [5.74, 6) is -4.43. The Morgan fingerprint density at radius 3 is 2.39 bits per heavy atom. The maximum atomic E-state index is 16.6. The summed E-state index contributed by atoms with van der Waals surface area (Å²) in [5, 5.41) is 6.34. The van der Waals surface area contributed by atoms with Crippen molar-refractivity contribution in [1.29, 1.82) is 0 Å². The van der Waals surface area contributed by atoms with Crippen molar-refractivity contribution in [2.75, 3.05) is 51.8 Å². The standard InChI is InChI=1S/C41H53FN5O10PS/c1-4-21-56-41(51)28(3)44-58(52,57-34-9-7-6-8-10-34)37(42)30-13-11-29-12-14-31(26-32(29)25-30)38(48)43-35-27-46(59(53,54)24-5-2)18-17-33-15-16-36(47(33)39(35)49)40(50)45-19-22-55-23-20-45/h6-14,25-26,28,33,35-37H,4-5,15-24,27H2,1-3H3,(H,43,48)(H,44,52)/t28-,33+,35-,36-,37?,58?/m0/s1. The first kappa shape index (κ1) is 44.2. The molecular weight excluding hydrogens is 805 g/mol. The van der Waals surface area contributed by atoms with Crippen LogP contribution in [0, 0.1) is 0 Å². The number of benzene rings is 3. The van der Waals surface area contributed by atoms with E-state index >= 15 is 4.39 Å².